The molecule has 0 spiro atoms. The molecule has 9 heteroatoms. The van der Waals surface area contributed by atoms with Crippen LogP contribution in [-0.4, -0.2) is 72.5 Å². The van der Waals surface area contributed by atoms with Crippen molar-refractivity contribution in [2.75, 3.05) is 26.8 Å². The van der Waals surface area contributed by atoms with E-state index in [4.69, 9.17) is 9.47 Å². The van der Waals surface area contributed by atoms with Crippen molar-refractivity contribution in [3.8, 4) is 11.1 Å². The van der Waals surface area contributed by atoms with Crippen molar-refractivity contribution in [2.45, 2.75) is 49.9 Å². The highest BCUT2D eigenvalue weighted by molar-refractivity contribution is 5.92. The van der Waals surface area contributed by atoms with Crippen LogP contribution in [0.3, 0.4) is 0 Å². The monoisotopic (exact) mass is 571 g/mol. The molecule has 1 heterocycles. The third-order valence-electron chi connectivity index (χ3n) is 8.47. The lowest BCUT2D eigenvalue weighted by molar-refractivity contribution is -0.151. The number of likely N-dealkylation sites (tertiary alicyclic amines) is 1. The summed E-state index contributed by atoms with van der Waals surface area (Å²) in [7, 11) is 1.43. The van der Waals surface area contributed by atoms with E-state index in [0.29, 0.717) is 19.6 Å². The molecule has 0 radical (unpaired) electrons. The van der Waals surface area contributed by atoms with Gasteiger partial charge < -0.3 is 25.2 Å². The van der Waals surface area contributed by atoms with Crippen molar-refractivity contribution in [3.63, 3.8) is 0 Å². The van der Waals surface area contributed by atoms with Crippen LogP contribution in [0.1, 0.15) is 42.4 Å². The summed E-state index contributed by atoms with van der Waals surface area (Å²) in [4.78, 5) is 41.1. The Hall–Kier alpha value is -4.21. The third-order valence-corrected chi connectivity index (χ3v) is 8.47. The van der Waals surface area contributed by atoms with Gasteiger partial charge >= 0.3 is 12.1 Å². The van der Waals surface area contributed by atoms with Gasteiger partial charge in [-0.1, -0.05) is 78.9 Å². The third kappa shape index (κ3) is 6.17. The molecule has 2 atom stereocenters. The number of nitrogens with zero attached hydrogens (tertiary/aromatic N) is 1. The van der Waals surface area contributed by atoms with E-state index in [1.807, 2.05) is 66.7 Å². The maximum Gasteiger partial charge on any atom is 0.407 e. The first-order valence-corrected chi connectivity index (χ1v) is 14.3. The number of hydrogen-bond donors (Lipinski definition) is 3. The second-order valence-corrected chi connectivity index (χ2v) is 11.0. The molecule has 0 saturated carbocycles. The van der Waals surface area contributed by atoms with Gasteiger partial charge in [0.2, 0.25) is 5.91 Å². The highest BCUT2D eigenvalue weighted by Gasteiger charge is 2.45. The van der Waals surface area contributed by atoms with Gasteiger partial charge in [0.1, 0.15) is 18.2 Å². The summed E-state index contributed by atoms with van der Waals surface area (Å²) in [5.41, 5.74) is 4.08. The predicted molar refractivity (Wildman–Crippen MR) is 158 cm³/mol. The van der Waals surface area contributed by atoms with Crippen LogP contribution >= 0.6 is 0 Å². The zero-order valence-electron chi connectivity index (χ0n) is 23.9. The fourth-order valence-corrected chi connectivity index (χ4v) is 5.94. The first kappa shape index (κ1) is 29.3. The summed E-state index contributed by atoms with van der Waals surface area (Å²) in [5.74, 6) is -1.86. The molecule has 0 bridgehead atoms. The molecular formula is C33H37N3O6. The number of methoxy groups -OCH3 is 1. The fourth-order valence-electron chi connectivity index (χ4n) is 5.94. The Bertz CT molecular complexity index is 1370. The number of alkyl carbamates (subject to hydrolysis) is 1. The normalized spacial score (nSPS) is 17.4. The molecule has 2 aliphatic rings. The van der Waals surface area contributed by atoms with Crippen molar-refractivity contribution >= 4 is 18.0 Å². The summed E-state index contributed by atoms with van der Waals surface area (Å²) < 4.78 is 11.0. The lowest BCUT2D eigenvalue weighted by atomic mass is 9.86. The summed E-state index contributed by atoms with van der Waals surface area (Å²) >= 11 is 0. The second kappa shape index (κ2) is 12.8. The Morgan fingerprint density at radius 1 is 0.929 bits per heavy atom. The number of carboxylic acids is 1. The first-order valence-electron chi connectivity index (χ1n) is 14.3. The first-order chi connectivity index (χ1) is 20.3. The van der Waals surface area contributed by atoms with Crippen LogP contribution in [0.25, 0.3) is 11.1 Å². The minimum Gasteiger partial charge on any atom is -0.480 e. The van der Waals surface area contributed by atoms with Crippen molar-refractivity contribution in [2.24, 2.45) is 0 Å². The molecule has 3 aromatic rings. The van der Waals surface area contributed by atoms with Crippen LogP contribution in [0.5, 0.6) is 0 Å². The molecule has 3 N–H and O–H groups in total. The lowest BCUT2D eigenvalue weighted by Gasteiger charge is -2.40. The van der Waals surface area contributed by atoms with Gasteiger partial charge in [0.25, 0.3) is 0 Å². The van der Waals surface area contributed by atoms with Crippen molar-refractivity contribution in [3.05, 3.63) is 95.6 Å². The molecule has 1 aliphatic carbocycles. The maximum absolute atomic E-state index is 13.5. The summed E-state index contributed by atoms with van der Waals surface area (Å²) in [6.07, 6.45) is -1.03. The maximum atomic E-state index is 13.5. The predicted octanol–water partition coefficient (Wildman–Crippen LogP) is 4.16. The van der Waals surface area contributed by atoms with Crippen LogP contribution in [0.2, 0.25) is 0 Å². The zero-order valence-corrected chi connectivity index (χ0v) is 23.9. The number of carbonyl (C=O) groups is 3. The highest BCUT2D eigenvalue weighted by atomic mass is 16.5. The topological polar surface area (TPSA) is 117 Å². The van der Waals surface area contributed by atoms with Crippen LogP contribution in [0.15, 0.2) is 78.9 Å². The van der Waals surface area contributed by atoms with E-state index >= 15 is 0 Å². The van der Waals surface area contributed by atoms with Gasteiger partial charge in [-0.15, -0.1) is 0 Å². The Labute approximate surface area is 245 Å². The number of fused-ring (bicyclic) bond motifs is 3. The number of carbonyl (C=O) groups excluding carboxylic acids is 2. The van der Waals surface area contributed by atoms with Crippen LogP contribution in [0, 0.1) is 0 Å². The van der Waals surface area contributed by atoms with E-state index in [2.05, 4.69) is 27.7 Å². The number of benzene rings is 3. The number of ether oxygens (including phenoxy) is 2. The molecule has 9 nitrogen and oxygen atoms in total. The number of aliphatic carboxylic acids is 1. The molecule has 0 aromatic heterocycles. The van der Waals surface area contributed by atoms with E-state index < -0.39 is 35.7 Å². The van der Waals surface area contributed by atoms with Crippen LogP contribution < -0.4 is 10.6 Å². The van der Waals surface area contributed by atoms with Crippen molar-refractivity contribution < 1.29 is 29.0 Å². The molecule has 42 heavy (non-hydrogen) atoms. The number of nitrogens with one attached hydrogen (secondary N) is 2. The fraction of sp³-hybridized carbons (Fsp3) is 0.364. The SMILES string of the molecule is CO[C@H](C)[C@H](NC(=O)OCC1c2ccccc2-c2ccccc21)C(=O)NC1(C(=O)O)CCN(Cc2ccccc2)CC1. The molecule has 1 saturated heterocycles. The van der Waals surface area contributed by atoms with Crippen LogP contribution in [-0.2, 0) is 25.6 Å². The van der Waals surface area contributed by atoms with Crippen molar-refractivity contribution in [1.29, 1.82) is 0 Å². The minimum absolute atomic E-state index is 0.0892. The van der Waals surface area contributed by atoms with Gasteiger partial charge in [-0.05, 0) is 47.6 Å². The number of amides is 2. The van der Waals surface area contributed by atoms with E-state index in [1.165, 1.54) is 7.11 Å². The van der Waals surface area contributed by atoms with Gasteiger partial charge in [0, 0.05) is 32.7 Å². The minimum atomic E-state index is -1.45. The Kier molecular flexibility index (Phi) is 8.89. The van der Waals surface area contributed by atoms with Gasteiger partial charge in [-0.25, -0.2) is 9.59 Å². The van der Waals surface area contributed by atoms with E-state index in [1.54, 1.807) is 6.92 Å². The number of rotatable bonds is 10. The number of carboxylic acid groups (broad SMARTS) is 1. The molecule has 1 aliphatic heterocycles. The lowest BCUT2D eigenvalue weighted by Crippen LogP contribution is -2.64. The van der Waals surface area contributed by atoms with Gasteiger partial charge in [0.15, 0.2) is 0 Å². The quantitative estimate of drug-likeness (QED) is 0.335. The average Bonchev–Trinajstić information content (AvgIpc) is 3.33. The highest BCUT2D eigenvalue weighted by Crippen LogP contribution is 2.44. The number of hydrogen-bond acceptors (Lipinski definition) is 6. The number of piperidine rings is 1. The smallest absolute Gasteiger partial charge is 0.407 e. The molecular weight excluding hydrogens is 534 g/mol. The molecule has 220 valence electrons. The summed E-state index contributed by atoms with van der Waals surface area (Å²) in [6.45, 7) is 3.45. The largest absolute Gasteiger partial charge is 0.480 e. The Morgan fingerprint density at radius 3 is 2.07 bits per heavy atom. The molecule has 2 amide bonds. The molecule has 3 aromatic carbocycles. The van der Waals surface area contributed by atoms with Gasteiger partial charge in [-0.2, -0.15) is 0 Å². The average molecular weight is 572 g/mol. The van der Waals surface area contributed by atoms with E-state index in [9.17, 15) is 19.5 Å². The van der Waals surface area contributed by atoms with Gasteiger partial charge in [-0.3, -0.25) is 9.69 Å². The van der Waals surface area contributed by atoms with Crippen LogP contribution in [0.4, 0.5) is 4.79 Å². The van der Waals surface area contributed by atoms with E-state index in [0.717, 1.165) is 27.8 Å². The van der Waals surface area contributed by atoms with Gasteiger partial charge in [0.05, 0.1) is 6.10 Å². The zero-order chi connectivity index (χ0) is 29.7. The molecule has 5 rings (SSSR count). The summed E-state index contributed by atoms with van der Waals surface area (Å²) in [6, 6.07) is 24.9. The Morgan fingerprint density at radius 2 is 1.50 bits per heavy atom. The second-order valence-electron chi connectivity index (χ2n) is 11.0. The summed E-state index contributed by atoms with van der Waals surface area (Å²) in [5, 5.41) is 15.5. The Balaban J connectivity index is 1.22. The van der Waals surface area contributed by atoms with E-state index in [-0.39, 0.29) is 25.4 Å². The standard InChI is InChI=1S/C33H37N3O6/c1-22(41-2)29(30(37)35-33(31(38)39)16-18-36(19-17-33)20-23-10-4-3-5-11-23)34-32(40)42-21-28-26-14-8-6-12-24(26)25-13-7-9-15-27(25)28/h3-15,22,28-29H,16-21H2,1-2H3,(H,34,40)(H,35,37)(H,38,39)/t22-,29+/m1/s1. The molecule has 0 unspecified atom stereocenters. The molecule has 1 fully saturated rings. The van der Waals surface area contributed by atoms with Crippen molar-refractivity contribution in [1.82, 2.24) is 15.5 Å².